The zero-order valence-corrected chi connectivity index (χ0v) is 16.5. The maximum absolute atomic E-state index is 12.8. The number of carbonyl (C=O) groups excluding carboxylic acids is 1. The maximum atomic E-state index is 12.8. The van der Waals surface area contributed by atoms with E-state index in [9.17, 15) is 13.2 Å². The minimum atomic E-state index is -3.80. The Morgan fingerprint density at radius 3 is 2.30 bits per heavy atom. The summed E-state index contributed by atoms with van der Waals surface area (Å²) < 4.78 is 38.5. The molecule has 27 heavy (non-hydrogen) atoms. The van der Waals surface area contributed by atoms with Gasteiger partial charge in [-0.1, -0.05) is 0 Å². The van der Waals surface area contributed by atoms with Crippen molar-refractivity contribution in [3.8, 4) is 11.5 Å². The first-order chi connectivity index (χ1) is 12.7. The summed E-state index contributed by atoms with van der Waals surface area (Å²) >= 11 is 0. The van der Waals surface area contributed by atoms with E-state index < -0.39 is 10.0 Å². The van der Waals surface area contributed by atoms with Gasteiger partial charge in [0.1, 0.15) is 11.5 Å². The first kappa shape index (κ1) is 19.0. The molecular formula is C19H22N2O5S. The second-order valence-electron chi connectivity index (χ2n) is 6.44. The summed E-state index contributed by atoms with van der Waals surface area (Å²) in [4.78, 5) is 13.7. The molecule has 0 bridgehead atoms. The van der Waals surface area contributed by atoms with Crippen LogP contribution in [-0.2, 0) is 21.2 Å². The van der Waals surface area contributed by atoms with Crippen molar-refractivity contribution in [2.24, 2.45) is 0 Å². The van der Waals surface area contributed by atoms with Crippen LogP contribution in [0.15, 0.2) is 41.3 Å². The average Bonchev–Trinajstić information content (AvgIpc) is 2.95. The van der Waals surface area contributed by atoms with Crippen LogP contribution in [0.25, 0.3) is 0 Å². The monoisotopic (exact) mass is 390 g/mol. The zero-order chi connectivity index (χ0) is 19.8. The number of hydrogen-bond donors (Lipinski definition) is 1. The van der Waals surface area contributed by atoms with E-state index in [4.69, 9.17) is 9.47 Å². The second kappa shape index (κ2) is 7.11. The Hall–Kier alpha value is -2.74. The van der Waals surface area contributed by atoms with Crippen LogP contribution in [0.5, 0.6) is 11.5 Å². The van der Waals surface area contributed by atoms with Crippen LogP contribution in [0, 0.1) is 0 Å². The van der Waals surface area contributed by atoms with Crippen LogP contribution in [0.2, 0.25) is 0 Å². The summed E-state index contributed by atoms with van der Waals surface area (Å²) in [5, 5.41) is 0. The lowest BCUT2D eigenvalue weighted by atomic mass is 10.1. The van der Waals surface area contributed by atoms with Crippen LogP contribution in [-0.4, -0.2) is 34.6 Å². The summed E-state index contributed by atoms with van der Waals surface area (Å²) in [5.74, 6) is 0.900. The molecule has 1 N–H and O–H groups in total. The van der Waals surface area contributed by atoms with Crippen molar-refractivity contribution in [1.82, 2.24) is 0 Å². The lowest BCUT2D eigenvalue weighted by molar-refractivity contribution is -0.116. The molecule has 0 spiro atoms. The first-order valence-electron chi connectivity index (χ1n) is 8.44. The minimum Gasteiger partial charge on any atom is -0.497 e. The molecule has 0 fully saturated rings. The summed E-state index contributed by atoms with van der Waals surface area (Å²) in [6.45, 7) is 3.45. The predicted molar refractivity (Wildman–Crippen MR) is 103 cm³/mol. The largest absolute Gasteiger partial charge is 0.497 e. The summed E-state index contributed by atoms with van der Waals surface area (Å²) in [6, 6.07) is 9.62. The van der Waals surface area contributed by atoms with E-state index in [0.717, 1.165) is 11.3 Å². The van der Waals surface area contributed by atoms with Gasteiger partial charge >= 0.3 is 0 Å². The van der Waals surface area contributed by atoms with E-state index >= 15 is 0 Å². The molecule has 0 saturated heterocycles. The smallest absolute Gasteiger partial charge is 0.261 e. The fourth-order valence-electron chi connectivity index (χ4n) is 3.33. The Balaban J connectivity index is 1.93. The maximum Gasteiger partial charge on any atom is 0.261 e. The second-order valence-corrected chi connectivity index (χ2v) is 8.12. The topological polar surface area (TPSA) is 84.9 Å². The molecule has 1 unspecified atom stereocenters. The lowest BCUT2D eigenvalue weighted by Gasteiger charge is -2.20. The fourth-order valence-corrected chi connectivity index (χ4v) is 4.43. The molecule has 0 aromatic heterocycles. The number of benzene rings is 2. The number of ether oxygens (including phenoxy) is 2. The van der Waals surface area contributed by atoms with Gasteiger partial charge in [0.2, 0.25) is 5.91 Å². The Labute approximate surface area is 158 Å². The summed E-state index contributed by atoms with van der Waals surface area (Å²) in [6.07, 6.45) is 0.616. The van der Waals surface area contributed by atoms with Crippen molar-refractivity contribution in [2.45, 2.75) is 31.2 Å². The molecule has 0 saturated carbocycles. The molecule has 3 rings (SSSR count). The third-order valence-electron chi connectivity index (χ3n) is 4.52. The number of carbonyl (C=O) groups is 1. The molecule has 8 heteroatoms. The molecule has 1 aliphatic heterocycles. The van der Waals surface area contributed by atoms with E-state index in [1.54, 1.807) is 35.2 Å². The third-order valence-corrected chi connectivity index (χ3v) is 5.90. The van der Waals surface area contributed by atoms with Crippen molar-refractivity contribution in [3.63, 3.8) is 0 Å². The normalized spacial score (nSPS) is 16.0. The van der Waals surface area contributed by atoms with Crippen molar-refractivity contribution < 1.29 is 22.7 Å². The van der Waals surface area contributed by atoms with Gasteiger partial charge in [0.25, 0.3) is 10.0 Å². The molecule has 1 amide bonds. The fraction of sp³-hybridized carbons (Fsp3) is 0.316. The summed E-state index contributed by atoms with van der Waals surface area (Å²) in [7, 11) is -0.814. The molecule has 7 nitrogen and oxygen atoms in total. The predicted octanol–water partition coefficient (Wildman–Crippen LogP) is 2.80. The number of hydrogen-bond acceptors (Lipinski definition) is 5. The zero-order valence-electron chi connectivity index (χ0n) is 15.6. The highest BCUT2D eigenvalue weighted by atomic mass is 32.2. The van der Waals surface area contributed by atoms with Crippen molar-refractivity contribution in [1.29, 1.82) is 0 Å². The first-order valence-corrected chi connectivity index (χ1v) is 9.92. The molecule has 144 valence electrons. The lowest BCUT2D eigenvalue weighted by Crippen LogP contribution is -2.33. The van der Waals surface area contributed by atoms with Crippen molar-refractivity contribution >= 4 is 27.3 Å². The number of nitrogens with zero attached hydrogens (tertiary/aromatic N) is 1. The van der Waals surface area contributed by atoms with Gasteiger partial charge in [-0.25, -0.2) is 8.42 Å². The van der Waals surface area contributed by atoms with Gasteiger partial charge in [-0.05, 0) is 37.1 Å². The molecule has 2 aromatic rings. The Kier molecular flexibility index (Phi) is 5.01. The highest BCUT2D eigenvalue weighted by Gasteiger charge is 2.30. The number of rotatable bonds is 5. The van der Waals surface area contributed by atoms with Gasteiger partial charge in [0.15, 0.2) is 0 Å². The SMILES string of the molecule is COc1cc(NS(=O)(=O)c2ccc3c(c2)CC(C)N3C(C)=O)cc(OC)c1. The van der Waals surface area contributed by atoms with Crippen molar-refractivity contribution in [2.75, 3.05) is 23.8 Å². The molecule has 1 atom stereocenters. The molecular weight excluding hydrogens is 368 g/mol. The van der Waals surface area contributed by atoms with Crippen molar-refractivity contribution in [3.05, 3.63) is 42.0 Å². The number of nitrogens with one attached hydrogen (secondary N) is 1. The number of sulfonamides is 1. The van der Waals surface area contributed by atoms with Crippen LogP contribution < -0.4 is 19.1 Å². The highest BCUT2D eigenvalue weighted by molar-refractivity contribution is 7.92. The molecule has 1 heterocycles. The van der Waals surface area contributed by atoms with Gasteiger partial charge in [-0.3, -0.25) is 9.52 Å². The number of anilines is 2. The van der Waals surface area contributed by atoms with Crippen LogP contribution in [0.1, 0.15) is 19.4 Å². The Morgan fingerprint density at radius 1 is 1.11 bits per heavy atom. The quantitative estimate of drug-likeness (QED) is 0.849. The minimum absolute atomic E-state index is 0.00561. The Bertz CT molecular complexity index is 965. The summed E-state index contributed by atoms with van der Waals surface area (Å²) in [5.41, 5.74) is 1.94. The standard InChI is InChI=1S/C19H22N2O5S/c1-12-7-14-8-18(5-6-19(14)21(12)13(2)22)27(23,24)20-15-9-16(25-3)11-17(10-15)26-4/h5-6,8-12,20H,7H2,1-4H3. The van der Waals surface area contributed by atoms with Gasteiger partial charge in [0, 0.05) is 36.9 Å². The van der Waals surface area contributed by atoms with Crippen LogP contribution in [0.4, 0.5) is 11.4 Å². The van der Waals surface area contributed by atoms with E-state index in [1.165, 1.54) is 27.2 Å². The van der Waals surface area contributed by atoms with Gasteiger partial charge in [-0.15, -0.1) is 0 Å². The van der Waals surface area contributed by atoms with Crippen LogP contribution >= 0.6 is 0 Å². The van der Waals surface area contributed by atoms with E-state index in [0.29, 0.717) is 23.6 Å². The van der Waals surface area contributed by atoms with Gasteiger partial charge in [0.05, 0.1) is 24.8 Å². The Morgan fingerprint density at radius 2 is 1.74 bits per heavy atom. The number of amides is 1. The molecule has 0 aliphatic carbocycles. The number of fused-ring (bicyclic) bond motifs is 1. The van der Waals surface area contributed by atoms with Gasteiger partial charge in [-0.2, -0.15) is 0 Å². The molecule has 1 aliphatic rings. The van der Waals surface area contributed by atoms with E-state index in [1.807, 2.05) is 6.92 Å². The molecule has 0 radical (unpaired) electrons. The molecule has 2 aromatic carbocycles. The van der Waals surface area contributed by atoms with E-state index in [-0.39, 0.29) is 16.8 Å². The highest BCUT2D eigenvalue weighted by Crippen LogP contribution is 2.34. The van der Waals surface area contributed by atoms with Gasteiger partial charge < -0.3 is 14.4 Å². The van der Waals surface area contributed by atoms with Crippen LogP contribution in [0.3, 0.4) is 0 Å². The third kappa shape index (κ3) is 3.71. The van der Waals surface area contributed by atoms with E-state index in [2.05, 4.69) is 4.72 Å². The number of methoxy groups -OCH3 is 2. The average molecular weight is 390 g/mol.